The number of amides is 2. The van der Waals surface area contributed by atoms with E-state index in [1.807, 2.05) is 31.2 Å². The number of para-hydroxylation sites is 1. The third-order valence-corrected chi connectivity index (χ3v) is 5.96. The molecule has 32 heavy (non-hydrogen) atoms. The number of nitrogens with one attached hydrogen (secondary N) is 2. The zero-order chi connectivity index (χ0) is 23.0. The van der Waals surface area contributed by atoms with Crippen molar-refractivity contribution >= 4 is 39.9 Å². The Hall–Kier alpha value is -3.65. The number of likely N-dealkylation sites (N-methyl/N-ethyl adjacent to an activating group) is 1. The highest BCUT2D eigenvalue weighted by Gasteiger charge is 2.36. The molecule has 0 saturated heterocycles. The van der Waals surface area contributed by atoms with Crippen LogP contribution in [0.2, 0.25) is 0 Å². The molecule has 0 saturated carbocycles. The highest BCUT2D eigenvalue weighted by Crippen LogP contribution is 2.31. The summed E-state index contributed by atoms with van der Waals surface area (Å²) in [6.45, 7) is 7.85. The van der Waals surface area contributed by atoms with E-state index < -0.39 is 5.41 Å². The van der Waals surface area contributed by atoms with E-state index in [1.54, 1.807) is 24.9 Å². The number of rotatable bonds is 5. The molecule has 1 atom stereocenters. The van der Waals surface area contributed by atoms with E-state index in [9.17, 15) is 14.7 Å². The molecule has 1 unspecified atom stereocenters. The standard InChI is InChI=1S/C24H26N4O4/c1-14(16-9-18-21(25-10-16)27-23(31)24(3,13-29)12-26-18)22(30)28(4)11-20-15(2)17-7-5-6-8-19(17)32-20/h5-10,26,29H,1,11-13H2,2-4H3,(H,25,27,31). The molecule has 1 aliphatic heterocycles. The molecular weight excluding hydrogens is 408 g/mol. The van der Waals surface area contributed by atoms with Gasteiger partial charge in [0.25, 0.3) is 5.91 Å². The summed E-state index contributed by atoms with van der Waals surface area (Å²) >= 11 is 0. The van der Waals surface area contributed by atoms with Crippen LogP contribution in [0.4, 0.5) is 11.5 Å². The van der Waals surface area contributed by atoms with Crippen molar-refractivity contribution in [3.05, 3.63) is 60.0 Å². The maximum absolute atomic E-state index is 13.0. The van der Waals surface area contributed by atoms with Crippen molar-refractivity contribution in [3.63, 3.8) is 0 Å². The topological polar surface area (TPSA) is 108 Å². The molecular formula is C24H26N4O4. The van der Waals surface area contributed by atoms with E-state index in [-0.39, 0.29) is 30.5 Å². The van der Waals surface area contributed by atoms with E-state index in [4.69, 9.17) is 4.42 Å². The first-order chi connectivity index (χ1) is 15.2. The summed E-state index contributed by atoms with van der Waals surface area (Å²) in [5.41, 5.74) is 2.20. The SMILES string of the molecule is C=C(C(=O)N(C)Cc1oc2ccccc2c1C)c1cnc2c(c1)NCC(C)(CO)C(=O)N2. The van der Waals surface area contributed by atoms with Gasteiger partial charge in [0.05, 0.1) is 24.3 Å². The van der Waals surface area contributed by atoms with Crippen LogP contribution in [-0.2, 0) is 16.1 Å². The van der Waals surface area contributed by atoms with E-state index in [0.717, 1.165) is 22.3 Å². The molecule has 4 rings (SSSR count). The van der Waals surface area contributed by atoms with Gasteiger partial charge in [0.2, 0.25) is 5.91 Å². The average molecular weight is 434 g/mol. The first-order valence-electron chi connectivity index (χ1n) is 10.3. The lowest BCUT2D eigenvalue weighted by molar-refractivity contribution is -0.126. The third kappa shape index (κ3) is 3.73. The van der Waals surface area contributed by atoms with Gasteiger partial charge in [-0.3, -0.25) is 9.59 Å². The summed E-state index contributed by atoms with van der Waals surface area (Å²) < 4.78 is 5.93. The monoisotopic (exact) mass is 434 g/mol. The lowest BCUT2D eigenvalue weighted by Gasteiger charge is -2.22. The maximum Gasteiger partial charge on any atom is 0.254 e. The lowest BCUT2D eigenvalue weighted by Crippen LogP contribution is -2.40. The second kappa shape index (κ2) is 8.12. The first kappa shape index (κ1) is 21.6. The normalized spacial score (nSPS) is 17.8. The third-order valence-electron chi connectivity index (χ3n) is 5.96. The van der Waals surface area contributed by atoms with Crippen LogP contribution in [0.1, 0.15) is 23.8 Å². The number of aromatic nitrogens is 1. The largest absolute Gasteiger partial charge is 0.459 e. The van der Waals surface area contributed by atoms with E-state index in [0.29, 0.717) is 23.6 Å². The average Bonchev–Trinajstić information content (AvgIpc) is 3.05. The molecule has 166 valence electrons. The minimum atomic E-state index is -0.974. The number of nitrogens with zero attached hydrogens (tertiary/aromatic N) is 2. The highest BCUT2D eigenvalue weighted by atomic mass is 16.3. The van der Waals surface area contributed by atoms with Crippen LogP contribution < -0.4 is 10.6 Å². The molecule has 2 aromatic heterocycles. The predicted molar refractivity (Wildman–Crippen MR) is 123 cm³/mol. The van der Waals surface area contributed by atoms with Crippen molar-refractivity contribution in [1.82, 2.24) is 9.88 Å². The van der Waals surface area contributed by atoms with Crippen LogP contribution in [0.3, 0.4) is 0 Å². The number of benzene rings is 1. The Morgan fingerprint density at radius 1 is 1.38 bits per heavy atom. The number of pyridine rings is 1. The molecule has 0 aliphatic carbocycles. The molecule has 0 bridgehead atoms. The van der Waals surface area contributed by atoms with Crippen LogP contribution in [0.15, 0.2) is 47.5 Å². The summed E-state index contributed by atoms with van der Waals surface area (Å²) in [6.07, 6.45) is 1.50. The molecule has 0 radical (unpaired) electrons. The van der Waals surface area contributed by atoms with Gasteiger partial charge in [-0.15, -0.1) is 0 Å². The zero-order valence-electron chi connectivity index (χ0n) is 18.4. The van der Waals surface area contributed by atoms with Crippen molar-refractivity contribution in [3.8, 4) is 0 Å². The summed E-state index contributed by atoms with van der Waals surface area (Å²) in [6, 6.07) is 9.49. The van der Waals surface area contributed by atoms with Gasteiger partial charge in [0.15, 0.2) is 5.82 Å². The van der Waals surface area contributed by atoms with E-state index in [2.05, 4.69) is 22.2 Å². The Bertz CT molecular complexity index is 1230. The number of fused-ring (bicyclic) bond motifs is 2. The molecule has 3 N–H and O–H groups in total. The fourth-order valence-electron chi connectivity index (χ4n) is 3.64. The number of anilines is 2. The molecule has 1 aromatic carbocycles. The van der Waals surface area contributed by atoms with Gasteiger partial charge in [-0.2, -0.15) is 0 Å². The molecule has 8 nitrogen and oxygen atoms in total. The van der Waals surface area contributed by atoms with Gasteiger partial charge >= 0.3 is 0 Å². The highest BCUT2D eigenvalue weighted by molar-refractivity contribution is 6.18. The van der Waals surface area contributed by atoms with Gasteiger partial charge in [0, 0.05) is 41.9 Å². The number of hydrogen-bond acceptors (Lipinski definition) is 6. The van der Waals surface area contributed by atoms with Gasteiger partial charge in [0.1, 0.15) is 11.3 Å². The quantitative estimate of drug-likeness (QED) is 0.533. The Morgan fingerprint density at radius 3 is 2.84 bits per heavy atom. The number of aryl methyl sites for hydroxylation is 1. The van der Waals surface area contributed by atoms with Crippen LogP contribution in [-0.4, -0.2) is 47.0 Å². The summed E-state index contributed by atoms with van der Waals surface area (Å²) in [5, 5.41) is 16.5. The van der Waals surface area contributed by atoms with Crippen LogP contribution in [0.5, 0.6) is 0 Å². The Kier molecular flexibility index (Phi) is 5.48. The summed E-state index contributed by atoms with van der Waals surface area (Å²) in [7, 11) is 1.70. The summed E-state index contributed by atoms with van der Waals surface area (Å²) in [4.78, 5) is 31.3. The fraction of sp³-hybridized carbons (Fsp3) is 0.292. The molecule has 0 spiro atoms. The number of aliphatic hydroxyl groups excluding tert-OH is 1. The number of aliphatic hydroxyl groups is 1. The number of carbonyl (C=O) groups is 2. The summed E-state index contributed by atoms with van der Waals surface area (Å²) in [5.74, 6) is 0.497. The predicted octanol–water partition coefficient (Wildman–Crippen LogP) is 3.17. The van der Waals surface area contributed by atoms with Gasteiger partial charge in [-0.25, -0.2) is 4.98 Å². The van der Waals surface area contributed by atoms with Crippen molar-refractivity contribution in [1.29, 1.82) is 0 Å². The molecule has 3 heterocycles. The Morgan fingerprint density at radius 2 is 2.12 bits per heavy atom. The minimum Gasteiger partial charge on any atom is -0.459 e. The van der Waals surface area contributed by atoms with Crippen molar-refractivity contribution in [2.45, 2.75) is 20.4 Å². The molecule has 2 amide bonds. The first-order valence-corrected chi connectivity index (χ1v) is 10.3. The van der Waals surface area contributed by atoms with E-state index >= 15 is 0 Å². The number of carbonyl (C=O) groups excluding carboxylic acids is 2. The molecule has 0 fully saturated rings. The Balaban J connectivity index is 1.52. The van der Waals surface area contributed by atoms with Crippen molar-refractivity contribution < 1.29 is 19.1 Å². The zero-order valence-corrected chi connectivity index (χ0v) is 18.4. The lowest BCUT2D eigenvalue weighted by atomic mass is 9.91. The fourth-order valence-corrected chi connectivity index (χ4v) is 3.64. The van der Waals surface area contributed by atoms with Crippen LogP contribution in [0, 0.1) is 12.3 Å². The molecule has 8 heteroatoms. The molecule has 1 aliphatic rings. The maximum atomic E-state index is 13.0. The Labute approximate surface area is 185 Å². The number of hydrogen-bond donors (Lipinski definition) is 3. The van der Waals surface area contributed by atoms with E-state index in [1.165, 1.54) is 6.20 Å². The second-order valence-corrected chi connectivity index (χ2v) is 8.43. The van der Waals surface area contributed by atoms with Crippen molar-refractivity contribution in [2.24, 2.45) is 5.41 Å². The molecule has 3 aromatic rings. The minimum absolute atomic E-state index is 0.235. The van der Waals surface area contributed by atoms with Crippen LogP contribution >= 0.6 is 0 Å². The van der Waals surface area contributed by atoms with Crippen LogP contribution in [0.25, 0.3) is 16.5 Å². The second-order valence-electron chi connectivity index (χ2n) is 8.43. The van der Waals surface area contributed by atoms with Gasteiger partial charge in [-0.05, 0) is 26.0 Å². The van der Waals surface area contributed by atoms with Gasteiger partial charge < -0.3 is 25.1 Å². The number of furan rings is 1. The van der Waals surface area contributed by atoms with Crippen molar-refractivity contribution in [2.75, 3.05) is 30.8 Å². The van der Waals surface area contributed by atoms with Gasteiger partial charge in [-0.1, -0.05) is 24.8 Å². The smallest absolute Gasteiger partial charge is 0.254 e.